The van der Waals surface area contributed by atoms with E-state index in [9.17, 15) is 4.39 Å². The molecule has 1 aliphatic rings. The van der Waals surface area contributed by atoms with Crippen LogP contribution < -0.4 is 10.1 Å². The Bertz CT molecular complexity index is 592. The summed E-state index contributed by atoms with van der Waals surface area (Å²) in [5.74, 6) is 1.38. The number of benzene rings is 2. The maximum absolute atomic E-state index is 13.7. The van der Waals surface area contributed by atoms with Crippen molar-refractivity contribution in [1.82, 2.24) is 5.32 Å². The SMILES string of the molecule is COc1ccc(C(NCc2ccccc2F)C2CC2)cc1. The molecular weight excluding hydrogens is 265 g/mol. The molecule has 1 aliphatic carbocycles. The van der Waals surface area contributed by atoms with Gasteiger partial charge in [0.2, 0.25) is 0 Å². The minimum atomic E-state index is -0.144. The second kappa shape index (κ2) is 6.27. The second-order valence-electron chi connectivity index (χ2n) is 5.56. The van der Waals surface area contributed by atoms with Crippen molar-refractivity contribution in [3.63, 3.8) is 0 Å². The third-order valence-corrected chi connectivity index (χ3v) is 4.04. The second-order valence-corrected chi connectivity index (χ2v) is 5.56. The molecule has 0 aromatic heterocycles. The van der Waals surface area contributed by atoms with Crippen LogP contribution in [-0.2, 0) is 6.54 Å². The highest BCUT2D eigenvalue weighted by Gasteiger charge is 2.32. The van der Waals surface area contributed by atoms with Gasteiger partial charge in [0.05, 0.1) is 7.11 Å². The smallest absolute Gasteiger partial charge is 0.127 e. The maximum Gasteiger partial charge on any atom is 0.127 e. The lowest BCUT2D eigenvalue weighted by atomic mass is 10.0. The lowest BCUT2D eigenvalue weighted by molar-refractivity contribution is 0.413. The summed E-state index contributed by atoms with van der Waals surface area (Å²) in [6.07, 6.45) is 2.47. The van der Waals surface area contributed by atoms with E-state index in [-0.39, 0.29) is 11.9 Å². The van der Waals surface area contributed by atoms with E-state index < -0.39 is 0 Å². The van der Waals surface area contributed by atoms with Crippen molar-refractivity contribution in [2.45, 2.75) is 25.4 Å². The lowest BCUT2D eigenvalue weighted by Crippen LogP contribution is -2.23. The van der Waals surface area contributed by atoms with Gasteiger partial charge in [-0.05, 0) is 42.5 Å². The monoisotopic (exact) mass is 285 g/mol. The van der Waals surface area contributed by atoms with Crippen LogP contribution in [0.3, 0.4) is 0 Å². The summed E-state index contributed by atoms with van der Waals surface area (Å²) in [6.45, 7) is 0.555. The highest BCUT2D eigenvalue weighted by Crippen LogP contribution is 2.41. The zero-order valence-electron chi connectivity index (χ0n) is 12.2. The standard InChI is InChI=1S/C18H20FNO/c1-21-16-10-8-14(9-11-16)18(13-6-7-13)20-12-15-4-2-3-5-17(15)19/h2-5,8-11,13,18,20H,6-7,12H2,1H3. The summed E-state index contributed by atoms with van der Waals surface area (Å²) in [4.78, 5) is 0. The van der Waals surface area contributed by atoms with Crippen LogP contribution in [0.2, 0.25) is 0 Å². The van der Waals surface area contributed by atoms with Crippen LogP contribution in [0.4, 0.5) is 4.39 Å². The fourth-order valence-corrected chi connectivity index (χ4v) is 2.66. The Kier molecular flexibility index (Phi) is 4.20. The first-order valence-electron chi connectivity index (χ1n) is 7.38. The summed E-state index contributed by atoms with van der Waals surface area (Å²) >= 11 is 0. The molecule has 0 spiro atoms. The number of ether oxygens (including phenoxy) is 1. The van der Waals surface area contributed by atoms with Crippen molar-refractivity contribution < 1.29 is 9.13 Å². The van der Waals surface area contributed by atoms with E-state index in [2.05, 4.69) is 17.4 Å². The Hall–Kier alpha value is -1.87. The zero-order chi connectivity index (χ0) is 14.7. The molecule has 1 N–H and O–H groups in total. The van der Waals surface area contributed by atoms with Crippen LogP contribution >= 0.6 is 0 Å². The van der Waals surface area contributed by atoms with Crippen molar-refractivity contribution in [1.29, 1.82) is 0 Å². The van der Waals surface area contributed by atoms with Gasteiger partial charge < -0.3 is 10.1 Å². The van der Waals surface area contributed by atoms with Gasteiger partial charge >= 0.3 is 0 Å². The van der Waals surface area contributed by atoms with Gasteiger partial charge in [-0.2, -0.15) is 0 Å². The van der Waals surface area contributed by atoms with E-state index in [1.165, 1.54) is 24.5 Å². The molecule has 0 heterocycles. The van der Waals surface area contributed by atoms with Crippen molar-refractivity contribution >= 4 is 0 Å². The highest BCUT2D eigenvalue weighted by molar-refractivity contribution is 5.30. The normalized spacial score (nSPS) is 15.7. The third kappa shape index (κ3) is 3.42. The molecule has 0 bridgehead atoms. The van der Waals surface area contributed by atoms with Gasteiger partial charge in [-0.3, -0.25) is 0 Å². The molecule has 0 aliphatic heterocycles. The van der Waals surface area contributed by atoms with Crippen molar-refractivity contribution in [2.24, 2.45) is 5.92 Å². The molecule has 0 radical (unpaired) electrons. The Morgan fingerprint density at radius 3 is 2.48 bits per heavy atom. The molecule has 2 aromatic carbocycles. The highest BCUT2D eigenvalue weighted by atomic mass is 19.1. The van der Waals surface area contributed by atoms with Crippen molar-refractivity contribution in [3.8, 4) is 5.75 Å². The number of hydrogen-bond acceptors (Lipinski definition) is 2. The summed E-state index contributed by atoms with van der Waals surface area (Å²) in [7, 11) is 1.67. The van der Waals surface area contributed by atoms with E-state index in [1.807, 2.05) is 24.3 Å². The van der Waals surface area contributed by atoms with Gasteiger partial charge in [0.25, 0.3) is 0 Å². The molecule has 2 aromatic rings. The number of rotatable bonds is 6. The minimum absolute atomic E-state index is 0.144. The zero-order valence-corrected chi connectivity index (χ0v) is 12.2. The molecule has 2 nitrogen and oxygen atoms in total. The summed E-state index contributed by atoms with van der Waals surface area (Å²) < 4.78 is 18.9. The summed E-state index contributed by atoms with van der Waals surface area (Å²) in [5, 5.41) is 3.51. The van der Waals surface area contributed by atoms with Crippen molar-refractivity contribution in [3.05, 3.63) is 65.5 Å². The Balaban J connectivity index is 1.71. The molecule has 0 amide bonds. The Morgan fingerprint density at radius 1 is 1.14 bits per heavy atom. The first-order chi connectivity index (χ1) is 10.3. The minimum Gasteiger partial charge on any atom is -0.497 e. The first-order valence-corrected chi connectivity index (χ1v) is 7.38. The van der Waals surface area contributed by atoms with Crippen LogP contribution in [0.15, 0.2) is 48.5 Å². The molecule has 110 valence electrons. The van der Waals surface area contributed by atoms with E-state index in [4.69, 9.17) is 4.74 Å². The molecule has 3 heteroatoms. The Morgan fingerprint density at radius 2 is 1.86 bits per heavy atom. The lowest BCUT2D eigenvalue weighted by Gasteiger charge is -2.19. The first kappa shape index (κ1) is 14.1. The summed E-state index contributed by atoms with van der Waals surface area (Å²) in [5.41, 5.74) is 1.96. The van der Waals surface area contributed by atoms with Crippen LogP contribution in [0.5, 0.6) is 5.75 Å². The fraction of sp³-hybridized carbons (Fsp3) is 0.333. The van der Waals surface area contributed by atoms with Crippen LogP contribution in [0.25, 0.3) is 0 Å². The number of hydrogen-bond donors (Lipinski definition) is 1. The quantitative estimate of drug-likeness (QED) is 0.863. The van der Waals surface area contributed by atoms with Crippen LogP contribution in [0, 0.1) is 11.7 Å². The number of nitrogens with one attached hydrogen (secondary N) is 1. The molecule has 0 saturated heterocycles. The Labute approximate surface area is 125 Å². The van der Waals surface area contributed by atoms with Gasteiger partial charge in [-0.15, -0.1) is 0 Å². The summed E-state index contributed by atoms with van der Waals surface area (Å²) in [6, 6.07) is 15.4. The van der Waals surface area contributed by atoms with Crippen molar-refractivity contribution in [2.75, 3.05) is 7.11 Å². The van der Waals surface area contributed by atoms with E-state index in [0.29, 0.717) is 12.5 Å². The maximum atomic E-state index is 13.7. The average molecular weight is 285 g/mol. The topological polar surface area (TPSA) is 21.3 Å². The average Bonchev–Trinajstić information content (AvgIpc) is 3.35. The van der Waals surface area contributed by atoms with Crippen LogP contribution in [-0.4, -0.2) is 7.11 Å². The van der Waals surface area contributed by atoms with Gasteiger partial charge in [0.1, 0.15) is 11.6 Å². The third-order valence-electron chi connectivity index (χ3n) is 4.04. The van der Waals surface area contributed by atoms with Gasteiger partial charge in [-0.25, -0.2) is 4.39 Å². The molecule has 1 fully saturated rings. The van der Waals surface area contributed by atoms with E-state index in [0.717, 1.165) is 11.3 Å². The van der Waals surface area contributed by atoms with Gasteiger partial charge in [0, 0.05) is 18.2 Å². The fourth-order valence-electron chi connectivity index (χ4n) is 2.66. The predicted octanol–water partition coefficient (Wildman–Crippen LogP) is 4.08. The molecule has 1 unspecified atom stereocenters. The molecule has 21 heavy (non-hydrogen) atoms. The number of methoxy groups -OCH3 is 1. The van der Waals surface area contributed by atoms with E-state index in [1.54, 1.807) is 13.2 Å². The number of halogens is 1. The molecule has 1 saturated carbocycles. The predicted molar refractivity (Wildman–Crippen MR) is 81.7 cm³/mol. The van der Waals surface area contributed by atoms with E-state index >= 15 is 0 Å². The van der Waals surface area contributed by atoms with Gasteiger partial charge in [-0.1, -0.05) is 30.3 Å². The van der Waals surface area contributed by atoms with Gasteiger partial charge in [0.15, 0.2) is 0 Å². The molecular formula is C18H20FNO. The van der Waals surface area contributed by atoms with Crippen LogP contribution in [0.1, 0.15) is 30.0 Å². The molecule has 1 atom stereocenters. The molecule has 3 rings (SSSR count). The largest absolute Gasteiger partial charge is 0.497 e.